The molecule has 9 heteroatoms. The summed E-state index contributed by atoms with van der Waals surface area (Å²) in [6.45, 7) is 1.24. The smallest absolute Gasteiger partial charge is 0.407 e. The molecule has 2 unspecified atom stereocenters. The van der Waals surface area contributed by atoms with E-state index in [1.54, 1.807) is 4.90 Å². The molecule has 2 N–H and O–H groups in total. The molecule has 2 fully saturated rings. The monoisotopic (exact) mass is 480 g/mol. The normalized spacial score (nSPS) is 21.2. The fourth-order valence-corrected chi connectivity index (χ4v) is 5.04. The highest BCUT2D eigenvalue weighted by Crippen LogP contribution is 2.44. The van der Waals surface area contributed by atoms with E-state index in [1.165, 1.54) is 11.1 Å². The predicted molar refractivity (Wildman–Crippen MR) is 125 cm³/mol. The van der Waals surface area contributed by atoms with E-state index in [2.05, 4.69) is 29.6 Å². The van der Waals surface area contributed by atoms with Gasteiger partial charge in [0.05, 0.1) is 24.7 Å². The van der Waals surface area contributed by atoms with Gasteiger partial charge < -0.3 is 29.5 Å². The fraction of sp³-hybridized carbons (Fsp3) is 0.423. The van der Waals surface area contributed by atoms with E-state index in [-0.39, 0.29) is 49.7 Å². The maximum atomic E-state index is 12.6. The molecule has 2 amide bonds. The summed E-state index contributed by atoms with van der Waals surface area (Å²) in [6, 6.07) is 16.3. The second-order valence-electron chi connectivity index (χ2n) is 9.16. The second-order valence-corrected chi connectivity index (χ2v) is 9.16. The summed E-state index contributed by atoms with van der Waals surface area (Å²) in [5.41, 5.74) is 4.66. The van der Waals surface area contributed by atoms with Gasteiger partial charge in [0, 0.05) is 25.6 Å². The molecule has 0 saturated carbocycles. The van der Waals surface area contributed by atoms with Gasteiger partial charge in [0.15, 0.2) is 0 Å². The molecule has 35 heavy (non-hydrogen) atoms. The summed E-state index contributed by atoms with van der Waals surface area (Å²) in [6.07, 6.45) is -0.487. The van der Waals surface area contributed by atoms with Crippen molar-refractivity contribution in [3.8, 4) is 11.1 Å². The van der Waals surface area contributed by atoms with Gasteiger partial charge in [-0.05, 0) is 28.7 Å². The van der Waals surface area contributed by atoms with Crippen LogP contribution in [0, 0.1) is 5.92 Å². The lowest BCUT2D eigenvalue weighted by Gasteiger charge is -2.39. The van der Waals surface area contributed by atoms with Crippen molar-refractivity contribution in [1.29, 1.82) is 0 Å². The molecule has 0 radical (unpaired) electrons. The highest BCUT2D eigenvalue weighted by molar-refractivity contribution is 5.80. The Morgan fingerprint density at radius 1 is 1.03 bits per heavy atom. The Bertz CT molecular complexity index is 1070. The van der Waals surface area contributed by atoms with Crippen LogP contribution in [0.4, 0.5) is 4.79 Å². The van der Waals surface area contributed by atoms with Crippen LogP contribution in [0.1, 0.15) is 23.5 Å². The van der Waals surface area contributed by atoms with Crippen LogP contribution < -0.4 is 5.32 Å². The molecule has 9 nitrogen and oxygen atoms in total. The molecule has 2 aliphatic heterocycles. The largest absolute Gasteiger partial charge is 0.480 e. The first-order valence-electron chi connectivity index (χ1n) is 11.8. The van der Waals surface area contributed by atoms with Crippen LogP contribution in [0.2, 0.25) is 0 Å². The van der Waals surface area contributed by atoms with Crippen molar-refractivity contribution in [1.82, 2.24) is 10.2 Å². The standard InChI is InChI=1S/C26H28N2O7/c29-24(30)15-34-18-11-28(12-18)25(31)16-9-17(33-13-16)10-27-26(32)35-14-23-21-7-3-1-5-19(21)20-6-2-4-8-22(20)23/h1-8,16-18,23H,9-15H2,(H,27,32)(H,29,30). The zero-order valence-electron chi connectivity index (χ0n) is 19.2. The Morgan fingerprint density at radius 2 is 1.69 bits per heavy atom. The molecule has 2 saturated heterocycles. The third-order valence-electron chi connectivity index (χ3n) is 6.85. The molecule has 2 aromatic rings. The minimum Gasteiger partial charge on any atom is -0.480 e. The fourth-order valence-electron chi connectivity index (χ4n) is 5.04. The van der Waals surface area contributed by atoms with Crippen molar-refractivity contribution in [2.24, 2.45) is 5.92 Å². The van der Waals surface area contributed by atoms with E-state index in [1.807, 2.05) is 24.3 Å². The molecule has 3 aliphatic rings. The van der Waals surface area contributed by atoms with Gasteiger partial charge in [-0.1, -0.05) is 48.5 Å². The summed E-state index contributed by atoms with van der Waals surface area (Å²) >= 11 is 0. The number of hydrogen-bond donors (Lipinski definition) is 2. The van der Waals surface area contributed by atoms with Crippen LogP contribution >= 0.6 is 0 Å². The Labute approximate surface area is 203 Å². The number of carboxylic acids is 1. The lowest BCUT2D eigenvalue weighted by molar-refractivity contribution is -0.156. The number of carboxylic acid groups (broad SMARTS) is 1. The van der Waals surface area contributed by atoms with Gasteiger partial charge in [-0.3, -0.25) is 4.79 Å². The van der Waals surface area contributed by atoms with Gasteiger partial charge >= 0.3 is 12.1 Å². The van der Waals surface area contributed by atoms with Crippen molar-refractivity contribution < 1.29 is 33.7 Å². The number of fused-ring (bicyclic) bond motifs is 3. The molecule has 2 aromatic carbocycles. The molecule has 5 rings (SSSR count). The Balaban J connectivity index is 1.05. The molecule has 0 spiro atoms. The predicted octanol–water partition coefficient (Wildman–Crippen LogP) is 2.24. The highest BCUT2D eigenvalue weighted by atomic mass is 16.5. The lowest BCUT2D eigenvalue weighted by atomic mass is 9.98. The Hall–Kier alpha value is -3.43. The van der Waals surface area contributed by atoms with E-state index in [9.17, 15) is 14.4 Å². The summed E-state index contributed by atoms with van der Waals surface area (Å²) in [5.74, 6) is -1.32. The summed E-state index contributed by atoms with van der Waals surface area (Å²) in [7, 11) is 0. The minimum absolute atomic E-state index is 0.00212. The van der Waals surface area contributed by atoms with E-state index in [0.29, 0.717) is 26.1 Å². The number of benzene rings is 2. The number of carbonyl (C=O) groups is 3. The van der Waals surface area contributed by atoms with Gasteiger partial charge in [0.1, 0.15) is 13.2 Å². The van der Waals surface area contributed by atoms with E-state index >= 15 is 0 Å². The zero-order valence-corrected chi connectivity index (χ0v) is 19.2. The van der Waals surface area contributed by atoms with Gasteiger partial charge in [-0.25, -0.2) is 9.59 Å². The number of carbonyl (C=O) groups excluding carboxylic acids is 2. The second kappa shape index (κ2) is 10.1. The maximum absolute atomic E-state index is 12.6. The molecular formula is C26H28N2O7. The molecule has 0 bridgehead atoms. The average Bonchev–Trinajstić information content (AvgIpc) is 3.43. The molecular weight excluding hydrogens is 452 g/mol. The third-order valence-corrected chi connectivity index (χ3v) is 6.85. The maximum Gasteiger partial charge on any atom is 0.407 e. The third kappa shape index (κ3) is 5.01. The number of likely N-dealkylation sites (tertiary alicyclic amines) is 1. The molecule has 2 heterocycles. The van der Waals surface area contributed by atoms with E-state index in [4.69, 9.17) is 19.3 Å². The minimum atomic E-state index is -1.02. The van der Waals surface area contributed by atoms with Gasteiger partial charge in [-0.15, -0.1) is 0 Å². The quantitative estimate of drug-likeness (QED) is 0.596. The number of aliphatic carboxylic acids is 1. The zero-order chi connectivity index (χ0) is 24.4. The highest BCUT2D eigenvalue weighted by Gasteiger charge is 2.39. The molecule has 2 atom stereocenters. The molecule has 0 aromatic heterocycles. The van der Waals surface area contributed by atoms with Gasteiger partial charge in [-0.2, -0.15) is 0 Å². The molecule has 1 aliphatic carbocycles. The van der Waals surface area contributed by atoms with Gasteiger partial charge in [0.25, 0.3) is 0 Å². The van der Waals surface area contributed by atoms with Crippen LogP contribution in [0.15, 0.2) is 48.5 Å². The van der Waals surface area contributed by atoms with Crippen molar-refractivity contribution in [2.75, 3.05) is 39.5 Å². The number of ether oxygens (including phenoxy) is 3. The summed E-state index contributed by atoms with van der Waals surface area (Å²) < 4.78 is 16.4. The number of nitrogens with zero attached hydrogens (tertiary/aromatic N) is 1. The number of amides is 2. The first kappa shape index (κ1) is 23.3. The summed E-state index contributed by atoms with van der Waals surface area (Å²) in [4.78, 5) is 37.2. The van der Waals surface area contributed by atoms with Crippen molar-refractivity contribution in [2.45, 2.75) is 24.5 Å². The van der Waals surface area contributed by atoms with Gasteiger partial charge in [0.2, 0.25) is 5.91 Å². The van der Waals surface area contributed by atoms with Crippen LogP contribution in [0.3, 0.4) is 0 Å². The Kier molecular flexibility index (Phi) is 6.70. The van der Waals surface area contributed by atoms with E-state index in [0.717, 1.165) is 11.1 Å². The number of hydrogen-bond acceptors (Lipinski definition) is 6. The average molecular weight is 481 g/mol. The van der Waals surface area contributed by atoms with Crippen molar-refractivity contribution >= 4 is 18.0 Å². The Morgan fingerprint density at radius 3 is 2.34 bits per heavy atom. The SMILES string of the molecule is O=C(O)COC1CN(C(=O)C2COC(CNC(=O)OCC3c4ccccc4-c4ccccc43)C2)C1. The topological polar surface area (TPSA) is 114 Å². The molecule has 184 valence electrons. The van der Waals surface area contributed by atoms with Crippen molar-refractivity contribution in [3.05, 3.63) is 59.7 Å². The van der Waals surface area contributed by atoms with Crippen LogP contribution in [-0.4, -0.2) is 79.6 Å². The lowest BCUT2D eigenvalue weighted by Crippen LogP contribution is -2.56. The summed E-state index contributed by atoms with van der Waals surface area (Å²) in [5, 5.41) is 11.4. The number of nitrogens with one attached hydrogen (secondary N) is 1. The van der Waals surface area contributed by atoms with E-state index < -0.39 is 12.1 Å². The van der Waals surface area contributed by atoms with Crippen LogP contribution in [0.25, 0.3) is 11.1 Å². The van der Waals surface area contributed by atoms with Crippen LogP contribution in [0.5, 0.6) is 0 Å². The first-order chi connectivity index (χ1) is 17.0. The number of rotatable bonds is 8. The van der Waals surface area contributed by atoms with Crippen LogP contribution in [-0.2, 0) is 23.8 Å². The number of alkyl carbamates (subject to hydrolysis) is 1. The van der Waals surface area contributed by atoms with Crippen molar-refractivity contribution in [3.63, 3.8) is 0 Å². The first-order valence-corrected chi connectivity index (χ1v) is 11.8.